The van der Waals surface area contributed by atoms with E-state index in [1.807, 2.05) is 19.0 Å². The van der Waals surface area contributed by atoms with Gasteiger partial charge < -0.3 is 9.80 Å². The maximum absolute atomic E-state index is 5.99. The first-order valence-electron chi connectivity index (χ1n) is 6.71. The summed E-state index contributed by atoms with van der Waals surface area (Å²) in [6.45, 7) is 6.60. The molecule has 6 heteroatoms. The third-order valence-corrected chi connectivity index (χ3v) is 3.78. The van der Waals surface area contributed by atoms with Crippen molar-refractivity contribution in [3.8, 4) is 0 Å². The number of anilines is 2. The van der Waals surface area contributed by atoms with Crippen LogP contribution in [0.15, 0.2) is 0 Å². The lowest BCUT2D eigenvalue weighted by Gasteiger charge is -2.24. The number of nitrogens with zero attached hydrogens (tertiary/aromatic N) is 5. The Morgan fingerprint density at radius 3 is 2.53 bits per heavy atom. The molecule has 0 saturated carbocycles. The van der Waals surface area contributed by atoms with Crippen LogP contribution in [0.5, 0.6) is 0 Å². The first-order chi connectivity index (χ1) is 8.87. The molecular formula is C13H22ClN5. The quantitative estimate of drug-likeness (QED) is 0.835. The van der Waals surface area contributed by atoms with Gasteiger partial charge in [0.2, 0.25) is 17.2 Å². The van der Waals surface area contributed by atoms with Crippen molar-refractivity contribution in [2.24, 2.45) is 5.41 Å². The molecule has 0 radical (unpaired) electrons. The van der Waals surface area contributed by atoms with Crippen molar-refractivity contribution >= 4 is 23.5 Å². The highest BCUT2D eigenvalue weighted by molar-refractivity contribution is 6.28. The van der Waals surface area contributed by atoms with Crippen LogP contribution in [0.25, 0.3) is 0 Å². The summed E-state index contributed by atoms with van der Waals surface area (Å²) < 4.78 is 0. The van der Waals surface area contributed by atoms with E-state index in [0.717, 1.165) is 25.9 Å². The number of hydrogen-bond acceptors (Lipinski definition) is 5. The Kier molecular flexibility index (Phi) is 4.13. The molecule has 1 aromatic rings. The van der Waals surface area contributed by atoms with Crippen molar-refractivity contribution in [2.45, 2.75) is 33.1 Å². The molecule has 0 unspecified atom stereocenters. The molecule has 1 fully saturated rings. The van der Waals surface area contributed by atoms with E-state index < -0.39 is 0 Å². The topological polar surface area (TPSA) is 45.2 Å². The van der Waals surface area contributed by atoms with Crippen molar-refractivity contribution in [3.63, 3.8) is 0 Å². The lowest BCUT2D eigenvalue weighted by molar-refractivity contribution is 0.325. The summed E-state index contributed by atoms with van der Waals surface area (Å²) in [5.41, 5.74) is 0.399. The first kappa shape index (κ1) is 14.3. The third kappa shape index (κ3) is 3.69. The predicted octanol–water partition coefficient (Wildman–Crippen LogP) is 2.61. The van der Waals surface area contributed by atoms with Gasteiger partial charge in [-0.2, -0.15) is 15.0 Å². The van der Waals surface area contributed by atoms with E-state index in [1.54, 1.807) is 0 Å². The molecule has 0 amide bonds. The predicted molar refractivity (Wildman–Crippen MR) is 79.0 cm³/mol. The largest absolute Gasteiger partial charge is 0.347 e. The van der Waals surface area contributed by atoms with E-state index in [4.69, 9.17) is 11.6 Å². The zero-order valence-electron chi connectivity index (χ0n) is 12.1. The van der Waals surface area contributed by atoms with Gasteiger partial charge in [-0.15, -0.1) is 0 Å². The maximum atomic E-state index is 5.99. The number of hydrogen-bond donors (Lipinski definition) is 0. The van der Waals surface area contributed by atoms with E-state index in [1.165, 1.54) is 6.42 Å². The van der Waals surface area contributed by atoms with Gasteiger partial charge in [-0.25, -0.2) is 0 Å². The highest BCUT2D eigenvalue weighted by Crippen LogP contribution is 2.31. The minimum absolute atomic E-state index is 0.261. The highest BCUT2D eigenvalue weighted by atomic mass is 35.5. The Labute approximate surface area is 120 Å². The highest BCUT2D eigenvalue weighted by Gasteiger charge is 2.24. The maximum Gasteiger partial charge on any atom is 0.231 e. The van der Waals surface area contributed by atoms with E-state index in [-0.39, 0.29) is 5.28 Å². The van der Waals surface area contributed by atoms with Gasteiger partial charge in [0.1, 0.15) is 0 Å². The summed E-state index contributed by atoms with van der Waals surface area (Å²) in [4.78, 5) is 16.9. The number of aromatic nitrogens is 3. The molecule has 106 valence electrons. The third-order valence-electron chi connectivity index (χ3n) is 3.61. The van der Waals surface area contributed by atoms with E-state index in [9.17, 15) is 0 Å². The summed E-state index contributed by atoms with van der Waals surface area (Å²) >= 11 is 5.99. The van der Waals surface area contributed by atoms with Gasteiger partial charge in [-0.3, -0.25) is 0 Å². The molecule has 0 spiro atoms. The van der Waals surface area contributed by atoms with Gasteiger partial charge in [0, 0.05) is 27.2 Å². The van der Waals surface area contributed by atoms with Gasteiger partial charge >= 0.3 is 0 Å². The Bertz CT molecular complexity index is 447. The van der Waals surface area contributed by atoms with Crippen LogP contribution in [0.2, 0.25) is 5.28 Å². The standard InChI is InChI=1S/C13H22ClN5/c1-13(2)6-5-8-19(9-7-13)12-16-10(14)15-11(17-12)18(3)4/h5-9H2,1-4H3. The average Bonchev–Trinajstić information content (AvgIpc) is 2.49. The van der Waals surface area contributed by atoms with Gasteiger partial charge in [0.25, 0.3) is 0 Å². The summed E-state index contributed by atoms with van der Waals surface area (Å²) in [5.74, 6) is 1.31. The van der Waals surface area contributed by atoms with E-state index >= 15 is 0 Å². The molecule has 2 heterocycles. The lowest BCUT2D eigenvalue weighted by Crippen LogP contribution is -2.28. The van der Waals surface area contributed by atoms with Gasteiger partial charge in [0.15, 0.2) is 0 Å². The van der Waals surface area contributed by atoms with Crippen molar-refractivity contribution in [2.75, 3.05) is 37.0 Å². The smallest absolute Gasteiger partial charge is 0.231 e. The van der Waals surface area contributed by atoms with Gasteiger partial charge in [-0.1, -0.05) is 13.8 Å². The molecule has 0 aromatic carbocycles. The minimum Gasteiger partial charge on any atom is -0.347 e. The number of halogens is 1. The fourth-order valence-electron chi connectivity index (χ4n) is 2.29. The Morgan fingerprint density at radius 2 is 1.84 bits per heavy atom. The normalized spacial score (nSPS) is 19.1. The van der Waals surface area contributed by atoms with Crippen LogP contribution < -0.4 is 9.80 Å². The SMILES string of the molecule is CN(C)c1nc(Cl)nc(N2CCCC(C)(C)CC2)n1. The monoisotopic (exact) mass is 283 g/mol. The second kappa shape index (κ2) is 5.49. The summed E-state index contributed by atoms with van der Waals surface area (Å²) in [7, 11) is 3.81. The van der Waals surface area contributed by atoms with Crippen LogP contribution in [0.4, 0.5) is 11.9 Å². The number of rotatable bonds is 2. The second-order valence-corrected chi connectivity index (χ2v) is 6.44. The molecule has 0 aliphatic carbocycles. The molecule has 1 saturated heterocycles. The fraction of sp³-hybridized carbons (Fsp3) is 0.769. The molecule has 1 aliphatic heterocycles. The van der Waals surface area contributed by atoms with Crippen LogP contribution >= 0.6 is 11.6 Å². The molecule has 0 N–H and O–H groups in total. The molecule has 0 atom stereocenters. The summed E-state index contributed by atoms with van der Waals surface area (Å²) in [5, 5.41) is 0.261. The molecule has 5 nitrogen and oxygen atoms in total. The zero-order chi connectivity index (χ0) is 14.0. The van der Waals surface area contributed by atoms with Crippen LogP contribution in [-0.4, -0.2) is 42.1 Å². The average molecular weight is 284 g/mol. The molecule has 19 heavy (non-hydrogen) atoms. The van der Waals surface area contributed by atoms with Gasteiger partial charge in [0.05, 0.1) is 0 Å². The molecule has 0 bridgehead atoms. The lowest BCUT2D eigenvalue weighted by atomic mass is 9.85. The van der Waals surface area contributed by atoms with Crippen LogP contribution in [0, 0.1) is 5.41 Å². The van der Waals surface area contributed by atoms with Crippen molar-refractivity contribution in [3.05, 3.63) is 5.28 Å². The molecule has 1 aromatic heterocycles. The van der Waals surface area contributed by atoms with Crippen molar-refractivity contribution in [1.29, 1.82) is 0 Å². The van der Waals surface area contributed by atoms with Crippen molar-refractivity contribution in [1.82, 2.24) is 15.0 Å². The van der Waals surface area contributed by atoms with Crippen molar-refractivity contribution < 1.29 is 0 Å². The van der Waals surface area contributed by atoms with Crippen LogP contribution in [-0.2, 0) is 0 Å². The Balaban J connectivity index is 2.21. The molecule has 2 rings (SSSR count). The van der Waals surface area contributed by atoms with E-state index in [0.29, 0.717) is 17.3 Å². The minimum atomic E-state index is 0.261. The van der Waals surface area contributed by atoms with Crippen LogP contribution in [0.1, 0.15) is 33.1 Å². The summed E-state index contributed by atoms with van der Waals surface area (Å²) in [6.07, 6.45) is 3.55. The Hall–Kier alpha value is -1.10. The first-order valence-corrected chi connectivity index (χ1v) is 7.09. The molecule has 1 aliphatic rings. The Morgan fingerprint density at radius 1 is 1.11 bits per heavy atom. The molecular weight excluding hydrogens is 262 g/mol. The summed E-state index contributed by atoms with van der Waals surface area (Å²) in [6, 6.07) is 0. The van der Waals surface area contributed by atoms with Crippen LogP contribution in [0.3, 0.4) is 0 Å². The van der Waals surface area contributed by atoms with E-state index in [2.05, 4.69) is 33.7 Å². The van der Waals surface area contributed by atoms with Gasteiger partial charge in [-0.05, 0) is 36.3 Å². The zero-order valence-corrected chi connectivity index (χ0v) is 12.9. The second-order valence-electron chi connectivity index (χ2n) is 6.10. The fourth-order valence-corrected chi connectivity index (χ4v) is 2.44.